The summed E-state index contributed by atoms with van der Waals surface area (Å²) in [5.41, 5.74) is 0.907. The highest BCUT2D eigenvalue weighted by atomic mass is 16.7. The Morgan fingerprint density at radius 3 is 2.77 bits per heavy atom. The first-order chi connectivity index (χ1) is 12.5. The molecule has 4 rings (SSSR count). The molecule has 0 fully saturated rings. The quantitative estimate of drug-likeness (QED) is 0.597. The van der Waals surface area contributed by atoms with Gasteiger partial charge in [0.2, 0.25) is 19.1 Å². The Kier molecular flexibility index (Phi) is 3.91. The predicted molar refractivity (Wildman–Crippen MR) is 92.9 cm³/mol. The molecule has 3 atom stereocenters. The van der Waals surface area contributed by atoms with Crippen LogP contribution in [0.25, 0.3) is 0 Å². The number of nitrogens with zero attached hydrogens (tertiary/aromatic N) is 2. The van der Waals surface area contributed by atoms with Gasteiger partial charge in [0.1, 0.15) is 5.41 Å². The molecule has 26 heavy (non-hydrogen) atoms. The Morgan fingerprint density at radius 2 is 2.08 bits per heavy atom. The van der Waals surface area contributed by atoms with Crippen LogP contribution in [0.5, 0.6) is 11.5 Å². The molecule has 2 amide bonds. The highest BCUT2D eigenvalue weighted by molar-refractivity contribution is 5.94. The monoisotopic (exact) mass is 358 g/mol. The molecule has 1 spiro atoms. The molecule has 0 saturated carbocycles. The van der Waals surface area contributed by atoms with Gasteiger partial charge < -0.3 is 24.0 Å². The van der Waals surface area contributed by atoms with E-state index in [9.17, 15) is 9.59 Å². The van der Waals surface area contributed by atoms with Crippen molar-refractivity contribution in [2.75, 3.05) is 28.0 Å². The second kappa shape index (κ2) is 6.02. The van der Waals surface area contributed by atoms with Gasteiger partial charge in [-0.1, -0.05) is 12.2 Å². The van der Waals surface area contributed by atoms with E-state index in [4.69, 9.17) is 14.2 Å². The molecule has 0 aromatic heterocycles. The molecule has 2 heterocycles. The normalized spacial score (nSPS) is 29.0. The second-order valence-electron chi connectivity index (χ2n) is 7.05. The van der Waals surface area contributed by atoms with Crippen LogP contribution in [0.15, 0.2) is 24.3 Å². The van der Waals surface area contributed by atoms with Gasteiger partial charge in [0.15, 0.2) is 11.5 Å². The van der Waals surface area contributed by atoms with Crippen molar-refractivity contribution in [1.82, 2.24) is 9.80 Å². The molecule has 1 aromatic carbocycles. The topological polar surface area (TPSA) is 68.3 Å². The van der Waals surface area contributed by atoms with E-state index in [1.807, 2.05) is 24.3 Å². The fourth-order valence-corrected chi connectivity index (χ4v) is 4.33. The van der Waals surface area contributed by atoms with Gasteiger partial charge in [-0.2, -0.15) is 0 Å². The maximum Gasteiger partial charge on any atom is 0.239 e. The van der Waals surface area contributed by atoms with E-state index in [0.717, 1.165) is 17.5 Å². The van der Waals surface area contributed by atoms with Gasteiger partial charge in [0.05, 0.1) is 12.1 Å². The number of carbonyl (C=O) groups excluding carboxylic acids is 2. The smallest absolute Gasteiger partial charge is 0.239 e. The Morgan fingerprint density at radius 1 is 1.35 bits per heavy atom. The number of carbonyl (C=O) groups is 2. The van der Waals surface area contributed by atoms with Crippen LogP contribution in [-0.4, -0.2) is 62.3 Å². The lowest BCUT2D eigenvalue weighted by Gasteiger charge is -2.49. The maximum atomic E-state index is 13.4. The molecule has 7 nitrogen and oxygen atoms in total. The van der Waals surface area contributed by atoms with Crippen LogP contribution >= 0.6 is 0 Å². The average Bonchev–Trinajstić information content (AvgIpc) is 3.12. The molecule has 1 aromatic rings. The van der Waals surface area contributed by atoms with E-state index in [1.165, 1.54) is 0 Å². The fraction of sp³-hybridized carbons (Fsp3) is 0.474. The first-order valence-electron chi connectivity index (χ1n) is 8.59. The van der Waals surface area contributed by atoms with Crippen molar-refractivity contribution in [1.29, 1.82) is 0 Å². The average molecular weight is 358 g/mol. The van der Waals surface area contributed by atoms with Crippen LogP contribution in [0.4, 0.5) is 0 Å². The van der Waals surface area contributed by atoms with Crippen LogP contribution in [0.1, 0.15) is 17.5 Å². The number of hydrogen-bond acceptors (Lipinski definition) is 5. The van der Waals surface area contributed by atoms with Gasteiger partial charge in [-0.15, -0.1) is 0 Å². The number of likely N-dealkylation sites (N-methyl/N-ethyl adjacent to an activating group) is 2. The van der Waals surface area contributed by atoms with Crippen LogP contribution in [0.3, 0.4) is 0 Å². The van der Waals surface area contributed by atoms with Crippen molar-refractivity contribution >= 4 is 12.3 Å². The van der Waals surface area contributed by atoms with Gasteiger partial charge in [0.25, 0.3) is 0 Å². The minimum absolute atomic E-state index is 0.0339. The summed E-state index contributed by atoms with van der Waals surface area (Å²) in [4.78, 5) is 28.3. The van der Waals surface area contributed by atoms with Gasteiger partial charge >= 0.3 is 0 Å². The number of benzene rings is 1. The molecule has 3 aliphatic rings. The second-order valence-corrected chi connectivity index (χ2v) is 7.05. The van der Waals surface area contributed by atoms with Crippen molar-refractivity contribution in [3.63, 3.8) is 0 Å². The van der Waals surface area contributed by atoms with Gasteiger partial charge in [-0.3, -0.25) is 9.59 Å². The zero-order chi connectivity index (χ0) is 18.5. The zero-order valence-corrected chi connectivity index (χ0v) is 15.1. The van der Waals surface area contributed by atoms with Crippen LogP contribution in [0.2, 0.25) is 0 Å². The minimum Gasteiger partial charge on any atom is -0.454 e. The number of methoxy groups -OCH3 is 1. The number of amides is 2. The zero-order valence-electron chi connectivity index (χ0n) is 15.1. The van der Waals surface area contributed by atoms with E-state index in [-0.39, 0.29) is 24.8 Å². The Labute approximate surface area is 152 Å². The molecule has 0 radical (unpaired) electrons. The van der Waals surface area contributed by atoms with Crippen molar-refractivity contribution < 1.29 is 23.8 Å². The minimum atomic E-state index is -0.964. The fourth-order valence-electron chi connectivity index (χ4n) is 4.33. The summed E-state index contributed by atoms with van der Waals surface area (Å²) >= 11 is 0. The van der Waals surface area contributed by atoms with Crippen LogP contribution in [0, 0.1) is 0 Å². The lowest BCUT2D eigenvalue weighted by Crippen LogP contribution is -2.61. The highest BCUT2D eigenvalue weighted by Gasteiger charge is 2.54. The standard InChI is InChI=1S/C19H22N2O5/c1-20-9-12-6-15-16(26-11-25-15)8-14(12)19(18(20)23)5-4-13(24-3)7-17(19)21(2)10-22/h4-6,8,10,13,17H,7,9,11H2,1-3H3/t13-,17+,19+/m1/s1. The summed E-state index contributed by atoms with van der Waals surface area (Å²) in [6.45, 7) is 0.667. The number of rotatable bonds is 3. The van der Waals surface area contributed by atoms with Crippen LogP contribution < -0.4 is 9.47 Å². The van der Waals surface area contributed by atoms with Crippen molar-refractivity contribution in [2.24, 2.45) is 0 Å². The SMILES string of the molecule is CO[C@@H]1C=C[C@@]2(C(=O)N(C)Cc3cc4c(cc32)OCO4)[C@@H](N(C)C=O)C1. The summed E-state index contributed by atoms with van der Waals surface area (Å²) in [7, 11) is 5.12. The third-order valence-electron chi connectivity index (χ3n) is 5.67. The summed E-state index contributed by atoms with van der Waals surface area (Å²) in [6, 6.07) is 3.48. The van der Waals surface area contributed by atoms with E-state index in [0.29, 0.717) is 24.5 Å². The molecule has 0 saturated heterocycles. The van der Waals surface area contributed by atoms with Crippen molar-refractivity contribution in [2.45, 2.75) is 30.5 Å². The molecule has 0 bridgehead atoms. The van der Waals surface area contributed by atoms with E-state index in [1.54, 1.807) is 31.0 Å². The Hall–Kier alpha value is -2.54. The first-order valence-corrected chi connectivity index (χ1v) is 8.59. The summed E-state index contributed by atoms with van der Waals surface area (Å²) in [5, 5.41) is 0. The molecular weight excluding hydrogens is 336 g/mol. The molecule has 138 valence electrons. The summed E-state index contributed by atoms with van der Waals surface area (Å²) in [5.74, 6) is 1.29. The summed E-state index contributed by atoms with van der Waals surface area (Å²) in [6.07, 6.45) is 4.97. The molecular formula is C19H22N2O5. The third-order valence-corrected chi connectivity index (χ3v) is 5.67. The van der Waals surface area contributed by atoms with Gasteiger partial charge in [-0.05, 0) is 29.7 Å². The van der Waals surface area contributed by atoms with E-state index in [2.05, 4.69) is 0 Å². The van der Waals surface area contributed by atoms with Crippen molar-refractivity contribution in [3.05, 3.63) is 35.4 Å². The summed E-state index contributed by atoms with van der Waals surface area (Å²) < 4.78 is 16.5. The number of hydrogen-bond donors (Lipinski definition) is 0. The first kappa shape index (κ1) is 16.9. The lowest BCUT2D eigenvalue weighted by molar-refractivity contribution is -0.140. The largest absolute Gasteiger partial charge is 0.454 e. The van der Waals surface area contributed by atoms with E-state index < -0.39 is 5.41 Å². The highest BCUT2D eigenvalue weighted by Crippen LogP contribution is 2.48. The lowest BCUT2D eigenvalue weighted by atomic mass is 9.64. The third kappa shape index (κ3) is 2.23. The molecule has 7 heteroatoms. The Bertz CT molecular complexity index is 792. The molecule has 0 N–H and O–H groups in total. The Balaban J connectivity index is 1.95. The molecule has 2 aliphatic heterocycles. The molecule has 0 unspecified atom stereocenters. The van der Waals surface area contributed by atoms with Gasteiger partial charge in [0, 0.05) is 27.7 Å². The molecule has 1 aliphatic carbocycles. The van der Waals surface area contributed by atoms with Crippen molar-refractivity contribution in [3.8, 4) is 11.5 Å². The number of fused-ring (bicyclic) bond motifs is 3. The maximum absolute atomic E-state index is 13.4. The van der Waals surface area contributed by atoms with Crippen LogP contribution in [-0.2, 0) is 26.3 Å². The predicted octanol–water partition coefficient (Wildman–Crippen LogP) is 1.06. The number of ether oxygens (including phenoxy) is 3. The van der Waals surface area contributed by atoms with Gasteiger partial charge in [-0.25, -0.2) is 0 Å². The van der Waals surface area contributed by atoms with E-state index >= 15 is 0 Å².